The van der Waals surface area contributed by atoms with Gasteiger partial charge in [-0.3, -0.25) is 0 Å². The fourth-order valence-corrected chi connectivity index (χ4v) is 2.72. The van der Waals surface area contributed by atoms with E-state index in [0.717, 1.165) is 37.8 Å². The van der Waals surface area contributed by atoms with Gasteiger partial charge in [0.05, 0.1) is 5.71 Å². The lowest BCUT2D eigenvalue weighted by Gasteiger charge is -2.03. The first kappa shape index (κ1) is 24.4. The highest BCUT2D eigenvalue weighted by molar-refractivity contribution is 5.81. The first-order chi connectivity index (χ1) is 12.3. The molecule has 0 saturated carbocycles. The molecule has 0 aliphatic carbocycles. The normalized spacial score (nSPS) is 13.8. The molecule has 0 saturated heterocycles. The van der Waals surface area contributed by atoms with E-state index in [1.165, 1.54) is 41.6 Å². The van der Waals surface area contributed by atoms with Crippen molar-refractivity contribution in [3.8, 4) is 0 Å². The number of allylic oxidation sites excluding steroid dienone is 8. The van der Waals surface area contributed by atoms with Crippen molar-refractivity contribution in [1.29, 1.82) is 0 Å². The molecule has 0 aliphatic heterocycles. The molecule has 2 nitrogen and oxygen atoms in total. The second kappa shape index (κ2) is 15.7. The Bertz CT molecular complexity index is 528. The van der Waals surface area contributed by atoms with Gasteiger partial charge in [-0.2, -0.15) is 0 Å². The Morgan fingerprint density at radius 2 is 1.00 bits per heavy atom. The Hall–Kier alpha value is -1.57. The van der Waals surface area contributed by atoms with E-state index < -0.39 is 0 Å². The third-order valence-electron chi connectivity index (χ3n) is 4.40. The highest BCUT2D eigenvalue weighted by Gasteiger charge is 1.95. The Morgan fingerprint density at radius 1 is 0.615 bits per heavy atom. The third-order valence-corrected chi connectivity index (χ3v) is 4.40. The van der Waals surface area contributed by atoms with Crippen LogP contribution in [-0.2, 0) is 4.84 Å². The molecule has 148 valence electrons. The molecule has 0 spiro atoms. The van der Waals surface area contributed by atoms with Gasteiger partial charge in [0.2, 0.25) is 0 Å². The second-order valence-corrected chi connectivity index (χ2v) is 7.60. The fraction of sp³-hybridized carbons (Fsp3) is 0.625. The summed E-state index contributed by atoms with van der Waals surface area (Å²) in [6.45, 7) is 13.1. The topological polar surface area (TPSA) is 21.6 Å². The van der Waals surface area contributed by atoms with E-state index in [-0.39, 0.29) is 0 Å². The maximum atomic E-state index is 4.78. The fourth-order valence-electron chi connectivity index (χ4n) is 2.72. The van der Waals surface area contributed by atoms with Crippen molar-refractivity contribution in [2.75, 3.05) is 7.11 Å². The van der Waals surface area contributed by atoms with Crippen molar-refractivity contribution in [1.82, 2.24) is 0 Å². The monoisotopic (exact) mass is 359 g/mol. The molecule has 0 heterocycles. The Kier molecular flexibility index (Phi) is 14.7. The minimum Gasteiger partial charge on any atom is -0.399 e. The van der Waals surface area contributed by atoms with Crippen molar-refractivity contribution in [2.24, 2.45) is 5.16 Å². The molecule has 0 unspecified atom stereocenters. The summed E-state index contributed by atoms with van der Waals surface area (Å²) in [6, 6.07) is 0. The summed E-state index contributed by atoms with van der Waals surface area (Å²) in [5.74, 6) is 0. The Morgan fingerprint density at radius 3 is 1.38 bits per heavy atom. The predicted molar refractivity (Wildman–Crippen MR) is 118 cm³/mol. The van der Waals surface area contributed by atoms with Gasteiger partial charge in [-0.05, 0) is 92.9 Å². The predicted octanol–water partition coefficient (Wildman–Crippen LogP) is 7.93. The van der Waals surface area contributed by atoms with Crippen LogP contribution in [0, 0.1) is 0 Å². The van der Waals surface area contributed by atoms with Crippen LogP contribution < -0.4 is 0 Å². The number of rotatable bonds is 13. The van der Waals surface area contributed by atoms with E-state index in [2.05, 4.69) is 64.1 Å². The van der Waals surface area contributed by atoms with Crippen LogP contribution in [0.1, 0.15) is 92.9 Å². The smallest absolute Gasteiger partial charge is 0.106 e. The summed E-state index contributed by atoms with van der Waals surface area (Å²) in [7, 11) is 1.60. The zero-order chi connectivity index (χ0) is 19.8. The van der Waals surface area contributed by atoms with Crippen LogP contribution in [0.4, 0.5) is 0 Å². The van der Waals surface area contributed by atoms with Crippen LogP contribution in [0.15, 0.2) is 51.8 Å². The molecule has 0 aromatic carbocycles. The second-order valence-electron chi connectivity index (χ2n) is 7.60. The van der Waals surface area contributed by atoms with E-state index in [0.29, 0.717) is 0 Å². The zero-order valence-electron chi connectivity index (χ0n) is 18.3. The average Bonchev–Trinajstić information content (AvgIpc) is 2.54. The van der Waals surface area contributed by atoms with Gasteiger partial charge in [-0.25, -0.2) is 0 Å². The molecule has 0 aromatic rings. The van der Waals surface area contributed by atoms with Crippen molar-refractivity contribution >= 4 is 5.71 Å². The van der Waals surface area contributed by atoms with Gasteiger partial charge in [0.25, 0.3) is 0 Å². The minimum absolute atomic E-state index is 0.972. The number of hydrogen-bond acceptors (Lipinski definition) is 2. The molecular formula is C24H41NO. The number of oxime groups is 1. The molecule has 26 heavy (non-hydrogen) atoms. The molecule has 0 rings (SSSR count). The molecule has 0 bridgehead atoms. The molecule has 2 heteroatoms. The SMILES string of the molecule is CO/N=C(\C)CC/C=C(\C)CC/C=C(\C)CC/C=C(\C)CCC=C(C)C. The van der Waals surface area contributed by atoms with Gasteiger partial charge < -0.3 is 4.84 Å². The lowest BCUT2D eigenvalue weighted by Crippen LogP contribution is -1.91. The molecule has 0 aromatic heterocycles. The summed E-state index contributed by atoms with van der Waals surface area (Å²) in [5, 5.41) is 3.94. The molecule has 0 aliphatic rings. The Labute approximate surface area is 162 Å². The van der Waals surface area contributed by atoms with Crippen molar-refractivity contribution < 1.29 is 4.84 Å². The van der Waals surface area contributed by atoms with Gasteiger partial charge >= 0.3 is 0 Å². The summed E-state index contributed by atoms with van der Waals surface area (Å²) in [6.07, 6.45) is 18.5. The van der Waals surface area contributed by atoms with E-state index >= 15 is 0 Å². The first-order valence-electron chi connectivity index (χ1n) is 10.0. The van der Waals surface area contributed by atoms with Gasteiger partial charge in [-0.15, -0.1) is 0 Å². The van der Waals surface area contributed by atoms with Crippen LogP contribution in [0.3, 0.4) is 0 Å². The average molecular weight is 360 g/mol. The maximum Gasteiger partial charge on any atom is 0.106 e. The summed E-state index contributed by atoms with van der Waals surface area (Å²) >= 11 is 0. The largest absolute Gasteiger partial charge is 0.399 e. The van der Waals surface area contributed by atoms with E-state index in [4.69, 9.17) is 4.84 Å². The number of hydrogen-bond donors (Lipinski definition) is 0. The van der Waals surface area contributed by atoms with Gasteiger partial charge in [-0.1, -0.05) is 51.8 Å². The molecule has 0 atom stereocenters. The molecule has 0 radical (unpaired) electrons. The third kappa shape index (κ3) is 15.9. The van der Waals surface area contributed by atoms with Gasteiger partial charge in [0, 0.05) is 0 Å². The van der Waals surface area contributed by atoms with Crippen LogP contribution in [0.25, 0.3) is 0 Å². The van der Waals surface area contributed by atoms with Crippen LogP contribution in [-0.4, -0.2) is 12.8 Å². The van der Waals surface area contributed by atoms with Crippen molar-refractivity contribution in [3.05, 3.63) is 46.6 Å². The van der Waals surface area contributed by atoms with E-state index in [9.17, 15) is 0 Å². The standard InChI is InChI=1S/C24H41NO/c1-20(2)12-8-13-21(3)14-9-15-22(4)16-10-17-23(5)18-11-19-24(6)25-26-7/h12,14,16,18H,8-11,13,15,17,19H2,1-7H3/b21-14+,22-16+,23-18+,25-24+. The lowest BCUT2D eigenvalue weighted by atomic mass is 10.0. The van der Waals surface area contributed by atoms with Crippen molar-refractivity contribution in [2.45, 2.75) is 92.9 Å². The molecule has 0 amide bonds. The van der Waals surface area contributed by atoms with Gasteiger partial charge in [0.15, 0.2) is 0 Å². The van der Waals surface area contributed by atoms with Crippen LogP contribution in [0.5, 0.6) is 0 Å². The molecule has 0 fully saturated rings. The summed E-state index contributed by atoms with van der Waals surface area (Å²) in [4.78, 5) is 4.78. The highest BCUT2D eigenvalue weighted by Crippen LogP contribution is 2.14. The van der Waals surface area contributed by atoms with Gasteiger partial charge in [0.1, 0.15) is 7.11 Å². The van der Waals surface area contributed by atoms with Crippen LogP contribution in [0.2, 0.25) is 0 Å². The number of nitrogens with zero attached hydrogens (tertiary/aromatic N) is 1. The Balaban J connectivity index is 4.03. The van der Waals surface area contributed by atoms with Crippen LogP contribution >= 0.6 is 0 Å². The summed E-state index contributed by atoms with van der Waals surface area (Å²) in [5.41, 5.74) is 6.96. The lowest BCUT2D eigenvalue weighted by molar-refractivity contribution is 0.212. The van der Waals surface area contributed by atoms with Crippen molar-refractivity contribution in [3.63, 3.8) is 0 Å². The maximum absolute atomic E-state index is 4.78. The van der Waals surface area contributed by atoms with E-state index in [1.807, 2.05) is 6.92 Å². The molecular weight excluding hydrogens is 318 g/mol. The molecule has 0 N–H and O–H groups in total. The summed E-state index contributed by atoms with van der Waals surface area (Å²) < 4.78 is 0. The first-order valence-corrected chi connectivity index (χ1v) is 10.0. The highest BCUT2D eigenvalue weighted by atomic mass is 16.6. The minimum atomic E-state index is 0.972. The van der Waals surface area contributed by atoms with E-state index in [1.54, 1.807) is 7.11 Å². The zero-order valence-corrected chi connectivity index (χ0v) is 18.3. The quantitative estimate of drug-likeness (QED) is 0.186.